The molecule has 136 valence electrons. The molecule has 5 heteroatoms. The molecule has 0 amide bonds. The first-order valence-corrected chi connectivity index (χ1v) is 8.82. The lowest BCUT2D eigenvalue weighted by atomic mass is 9.91. The van der Waals surface area contributed by atoms with E-state index in [4.69, 9.17) is 8.83 Å². The quantitative estimate of drug-likeness (QED) is 0.401. The van der Waals surface area contributed by atoms with Crippen molar-refractivity contribution in [3.05, 3.63) is 64.7 Å². The highest BCUT2D eigenvalue weighted by Gasteiger charge is 2.27. The van der Waals surface area contributed by atoms with E-state index in [-0.39, 0.29) is 34.2 Å². The third kappa shape index (κ3) is 2.63. The normalized spacial score (nSPS) is 12.5. The first-order valence-electron chi connectivity index (χ1n) is 8.82. The first kappa shape index (κ1) is 17.1. The van der Waals surface area contributed by atoms with Gasteiger partial charge in [-0.2, -0.15) is 0 Å². The van der Waals surface area contributed by atoms with Gasteiger partial charge in [-0.3, -0.25) is 4.79 Å². The summed E-state index contributed by atoms with van der Waals surface area (Å²) in [5, 5.41) is 11.9. The molecule has 1 N–H and O–H groups in total. The van der Waals surface area contributed by atoms with Gasteiger partial charge in [0.25, 0.3) is 0 Å². The molecular weight excluding hydrogens is 344 g/mol. The van der Waals surface area contributed by atoms with Crippen LogP contribution in [0.15, 0.2) is 62.4 Å². The van der Waals surface area contributed by atoms with Gasteiger partial charge in [-0.05, 0) is 18.1 Å². The van der Waals surface area contributed by atoms with Crippen molar-refractivity contribution < 1.29 is 18.7 Å². The Morgan fingerprint density at radius 3 is 2.59 bits per heavy atom. The zero-order valence-corrected chi connectivity index (χ0v) is 15.0. The average molecular weight is 362 g/mol. The second-order valence-electron chi connectivity index (χ2n) is 6.61. The summed E-state index contributed by atoms with van der Waals surface area (Å²) in [5.41, 5.74) is 1.30. The van der Waals surface area contributed by atoms with Crippen LogP contribution in [0.2, 0.25) is 0 Å². The van der Waals surface area contributed by atoms with Crippen molar-refractivity contribution in [1.29, 1.82) is 0 Å². The van der Waals surface area contributed by atoms with Gasteiger partial charge in [-0.15, -0.1) is 0 Å². The number of phenols is 1. The summed E-state index contributed by atoms with van der Waals surface area (Å²) in [7, 11) is 0. The number of hydrogen-bond acceptors (Lipinski definition) is 5. The molecule has 0 bridgehead atoms. The molecule has 0 radical (unpaired) electrons. The van der Waals surface area contributed by atoms with E-state index in [0.29, 0.717) is 22.8 Å². The molecule has 0 aliphatic carbocycles. The van der Waals surface area contributed by atoms with Crippen LogP contribution in [0.3, 0.4) is 0 Å². The molecule has 2 aromatic heterocycles. The monoisotopic (exact) mass is 362 g/mol. The topological polar surface area (TPSA) is 80.6 Å². The first-order chi connectivity index (χ1) is 13.0. The largest absolute Gasteiger partial charge is 0.506 e. The summed E-state index contributed by atoms with van der Waals surface area (Å²) < 4.78 is 10.9. The van der Waals surface area contributed by atoms with E-state index in [9.17, 15) is 14.7 Å². The maximum atomic E-state index is 13.0. The van der Waals surface area contributed by atoms with Crippen molar-refractivity contribution in [2.45, 2.75) is 20.3 Å². The Hall–Kier alpha value is -3.34. The van der Waals surface area contributed by atoms with Gasteiger partial charge in [0.05, 0.1) is 17.0 Å². The number of fused-ring (bicyclic) bond motifs is 3. The number of benzene rings is 2. The number of aromatic hydroxyl groups is 1. The molecule has 0 aliphatic heterocycles. The minimum atomic E-state index is -0.538. The van der Waals surface area contributed by atoms with Gasteiger partial charge in [0.15, 0.2) is 16.9 Å². The molecule has 0 spiro atoms. The summed E-state index contributed by atoms with van der Waals surface area (Å²) in [6.45, 7) is 3.72. The molecule has 4 aromatic rings. The fourth-order valence-electron chi connectivity index (χ4n) is 3.34. The van der Waals surface area contributed by atoms with Crippen molar-refractivity contribution in [3.63, 3.8) is 0 Å². The van der Waals surface area contributed by atoms with Gasteiger partial charge in [-0.25, -0.2) is 4.79 Å². The van der Waals surface area contributed by atoms with Gasteiger partial charge >= 0.3 is 5.63 Å². The third-order valence-corrected chi connectivity index (χ3v) is 4.96. The Labute approximate surface area is 154 Å². The molecule has 0 fully saturated rings. The number of carbonyl (C=O) groups is 1. The highest BCUT2D eigenvalue weighted by molar-refractivity contribution is 6.20. The molecule has 2 aromatic carbocycles. The summed E-state index contributed by atoms with van der Waals surface area (Å²) in [6.07, 6.45) is 2.06. The van der Waals surface area contributed by atoms with Crippen LogP contribution in [0.4, 0.5) is 0 Å². The maximum absolute atomic E-state index is 13.0. The standard InChI is InChI=1S/C22H18O5/c1-3-12(2)19(24)18-20(25)17-15(13-7-5-4-6-8-13)11-16(23)27-22(17)14-9-10-26-21(14)18/h4-12,25H,3H2,1-2H3/t12-/m0/s1. The van der Waals surface area contributed by atoms with Gasteiger partial charge < -0.3 is 13.9 Å². The number of Topliss-reactive ketones (excluding diaryl/α,β-unsaturated/α-hetero) is 1. The van der Waals surface area contributed by atoms with E-state index in [2.05, 4.69) is 0 Å². The lowest BCUT2D eigenvalue weighted by Crippen LogP contribution is -2.11. The Balaban J connectivity index is 2.19. The van der Waals surface area contributed by atoms with E-state index < -0.39 is 5.63 Å². The van der Waals surface area contributed by atoms with E-state index in [0.717, 1.165) is 5.56 Å². The fourth-order valence-corrected chi connectivity index (χ4v) is 3.34. The lowest BCUT2D eigenvalue weighted by molar-refractivity contribution is 0.0925. The summed E-state index contributed by atoms with van der Waals surface area (Å²) in [6, 6.07) is 12.2. The molecule has 0 saturated heterocycles. The number of rotatable bonds is 4. The van der Waals surface area contributed by atoms with E-state index >= 15 is 0 Å². The smallest absolute Gasteiger partial charge is 0.336 e. The highest BCUT2D eigenvalue weighted by Crippen LogP contribution is 2.43. The van der Waals surface area contributed by atoms with Crippen LogP contribution in [-0.2, 0) is 0 Å². The third-order valence-electron chi connectivity index (χ3n) is 4.96. The zero-order chi connectivity index (χ0) is 19.1. The summed E-state index contributed by atoms with van der Waals surface area (Å²) >= 11 is 0. The van der Waals surface area contributed by atoms with E-state index in [1.165, 1.54) is 12.3 Å². The fraction of sp³-hybridized carbons (Fsp3) is 0.182. The summed E-state index contributed by atoms with van der Waals surface area (Å²) in [5.74, 6) is -0.708. The van der Waals surface area contributed by atoms with Crippen molar-refractivity contribution in [3.8, 4) is 16.9 Å². The molecule has 27 heavy (non-hydrogen) atoms. The van der Waals surface area contributed by atoms with Gasteiger partial charge in [-0.1, -0.05) is 44.2 Å². The Kier molecular flexibility index (Phi) is 4.07. The van der Waals surface area contributed by atoms with Crippen LogP contribution < -0.4 is 5.63 Å². The predicted molar refractivity (Wildman–Crippen MR) is 103 cm³/mol. The number of furan rings is 1. The Morgan fingerprint density at radius 2 is 1.89 bits per heavy atom. The van der Waals surface area contributed by atoms with E-state index in [1.807, 2.05) is 44.2 Å². The van der Waals surface area contributed by atoms with Crippen molar-refractivity contribution in [2.75, 3.05) is 0 Å². The van der Waals surface area contributed by atoms with Crippen LogP contribution in [0.25, 0.3) is 33.1 Å². The zero-order valence-electron chi connectivity index (χ0n) is 15.0. The van der Waals surface area contributed by atoms with Crippen molar-refractivity contribution in [1.82, 2.24) is 0 Å². The number of ketones is 1. The van der Waals surface area contributed by atoms with Crippen LogP contribution in [0, 0.1) is 5.92 Å². The molecule has 2 heterocycles. The number of phenolic OH excluding ortho intramolecular Hbond substituents is 1. The van der Waals surface area contributed by atoms with Crippen molar-refractivity contribution >= 4 is 27.7 Å². The highest BCUT2D eigenvalue weighted by atomic mass is 16.4. The number of hydrogen-bond donors (Lipinski definition) is 1. The van der Waals surface area contributed by atoms with Crippen LogP contribution in [0.5, 0.6) is 5.75 Å². The summed E-state index contributed by atoms with van der Waals surface area (Å²) in [4.78, 5) is 25.1. The number of carbonyl (C=O) groups excluding carboxylic acids is 1. The molecular formula is C22H18O5. The minimum absolute atomic E-state index is 0.128. The molecule has 5 nitrogen and oxygen atoms in total. The van der Waals surface area contributed by atoms with Gasteiger partial charge in [0.1, 0.15) is 11.3 Å². The average Bonchev–Trinajstić information content (AvgIpc) is 3.16. The molecule has 0 unspecified atom stereocenters. The van der Waals surface area contributed by atoms with Crippen LogP contribution >= 0.6 is 0 Å². The van der Waals surface area contributed by atoms with Crippen LogP contribution in [0.1, 0.15) is 30.6 Å². The molecule has 0 saturated carbocycles. The molecule has 1 atom stereocenters. The van der Waals surface area contributed by atoms with Gasteiger partial charge in [0, 0.05) is 17.5 Å². The second-order valence-corrected chi connectivity index (χ2v) is 6.61. The maximum Gasteiger partial charge on any atom is 0.336 e. The van der Waals surface area contributed by atoms with Crippen LogP contribution in [-0.4, -0.2) is 10.9 Å². The second kappa shape index (κ2) is 6.43. The minimum Gasteiger partial charge on any atom is -0.506 e. The SMILES string of the molecule is CC[C@H](C)C(=O)c1c(O)c2c(-c3ccccc3)cc(=O)oc2c2ccoc12. The van der Waals surface area contributed by atoms with Crippen molar-refractivity contribution in [2.24, 2.45) is 5.92 Å². The van der Waals surface area contributed by atoms with E-state index in [1.54, 1.807) is 6.07 Å². The Morgan fingerprint density at radius 1 is 1.15 bits per heavy atom. The molecule has 4 rings (SSSR count). The molecule has 0 aliphatic rings. The van der Waals surface area contributed by atoms with Gasteiger partial charge in [0.2, 0.25) is 0 Å². The lowest BCUT2D eigenvalue weighted by Gasteiger charge is -2.14. The Bertz CT molecular complexity index is 1210. The predicted octanol–water partition coefficient (Wildman–Crippen LogP) is 5.14.